The van der Waals surface area contributed by atoms with E-state index < -0.39 is 0 Å². The summed E-state index contributed by atoms with van der Waals surface area (Å²) in [6.45, 7) is 3.21. The molecule has 2 rings (SSSR count). The second-order valence-corrected chi connectivity index (χ2v) is 4.77. The van der Waals surface area contributed by atoms with Crippen LogP contribution in [0.5, 0.6) is 5.75 Å². The van der Waals surface area contributed by atoms with Gasteiger partial charge in [0, 0.05) is 12.6 Å². The number of ether oxygens (including phenoxy) is 1. The van der Waals surface area contributed by atoms with Crippen molar-refractivity contribution in [2.45, 2.75) is 18.9 Å². The van der Waals surface area contributed by atoms with Crippen molar-refractivity contribution in [3.63, 3.8) is 0 Å². The molecule has 1 atom stereocenters. The van der Waals surface area contributed by atoms with Crippen molar-refractivity contribution in [1.82, 2.24) is 10.6 Å². The molecule has 4 heteroatoms. The van der Waals surface area contributed by atoms with E-state index in [1.807, 2.05) is 12.1 Å². The highest BCUT2D eigenvalue weighted by molar-refractivity contribution is 6.32. The van der Waals surface area contributed by atoms with E-state index in [0.717, 1.165) is 31.8 Å². The maximum atomic E-state index is 6.08. The van der Waals surface area contributed by atoms with E-state index in [-0.39, 0.29) is 0 Å². The Morgan fingerprint density at radius 2 is 2.41 bits per heavy atom. The predicted octanol–water partition coefficient (Wildman–Crippen LogP) is 1.84. The summed E-state index contributed by atoms with van der Waals surface area (Å²) in [6.07, 6.45) is 2.23. The second-order valence-electron chi connectivity index (χ2n) is 4.36. The summed E-state index contributed by atoms with van der Waals surface area (Å²) < 4.78 is 5.13. The van der Waals surface area contributed by atoms with E-state index in [9.17, 15) is 0 Å². The smallest absolute Gasteiger partial charge is 0.137 e. The maximum Gasteiger partial charge on any atom is 0.137 e. The van der Waals surface area contributed by atoms with Crippen LogP contribution in [0.2, 0.25) is 5.02 Å². The topological polar surface area (TPSA) is 33.3 Å². The molecule has 0 radical (unpaired) electrons. The summed E-state index contributed by atoms with van der Waals surface area (Å²) in [6, 6.07) is 6.60. The van der Waals surface area contributed by atoms with Gasteiger partial charge < -0.3 is 15.4 Å². The Hall–Kier alpha value is -0.770. The van der Waals surface area contributed by atoms with Gasteiger partial charge in [0.15, 0.2) is 0 Å². The molecule has 1 unspecified atom stereocenters. The normalized spacial score (nSPS) is 19.5. The Morgan fingerprint density at radius 1 is 1.53 bits per heavy atom. The van der Waals surface area contributed by atoms with E-state index in [0.29, 0.717) is 11.1 Å². The van der Waals surface area contributed by atoms with Crippen molar-refractivity contribution in [1.29, 1.82) is 0 Å². The van der Waals surface area contributed by atoms with Gasteiger partial charge >= 0.3 is 0 Å². The Morgan fingerprint density at radius 3 is 3.06 bits per heavy atom. The summed E-state index contributed by atoms with van der Waals surface area (Å²) in [5, 5.41) is 7.57. The molecule has 3 nitrogen and oxygen atoms in total. The van der Waals surface area contributed by atoms with Gasteiger partial charge in [0.05, 0.1) is 12.1 Å². The third-order valence-electron chi connectivity index (χ3n) is 3.12. The van der Waals surface area contributed by atoms with E-state index >= 15 is 0 Å². The second kappa shape index (κ2) is 6.24. The van der Waals surface area contributed by atoms with Crippen LogP contribution in [-0.2, 0) is 6.42 Å². The van der Waals surface area contributed by atoms with Crippen LogP contribution in [0.1, 0.15) is 12.0 Å². The highest BCUT2D eigenvalue weighted by Crippen LogP contribution is 2.24. The van der Waals surface area contributed by atoms with Gasteiger partial charge in [-0.15, -0.1) is 0 Å². The molecule has 1 saturated heterocycles. The minimum atomic E-state index is 0.628. The van der Waals surface area contributed by atoms with Crippen LogP contribution >= 0.6 is 11.6 Å². The molecular formula is C13H19ClN2O. The van der Waals surface area contributed by atoms with E-state index in [4.69, 9.17) is 16.3 Å². The zero-order chi connectivity index (χ0) is 12.1. The summed E-state index contributed by atoms with van der Waals surface area (Å²) in [5.41, 5.74) is 1.24. The van der Waals surface area contributed by atoms with Crippen LogP contribution in [-0.4, -0.2) is 32.8 Å². The molecule has 1 aromatic rings. The molecule has 1 aliphatic rings. The first-order valence-electron chi connectivity index (χ1n) is 6.06. The molecule has 0 spiro atoms. The van der Waals surface area contributed by atoms with Crippen LogP contribution in [0.4, 0.5) is 0 Å². The molecular weight excluding hydrogens is 236 g/mol. The van der Waals surface area contributed by atoms with Crippen molar-refractivity contribution in [3.05, 3.63) is 28.8 Å². The fraction of sp³-hybridized carbons (Fsp3) is 0.538. The predicted molar refractivity (Wildman–Crippen MR) is 71.0 cm³/mol. The first-order valence-corrected chi connectivity index (χ1v) is 6.44. The molecule has 1 heterocycles. The molecule has 0 aromatic heterocycles. The summed E-state index contributed by atoms with van der Waals surface area (Å²) in [7, 11) is 1.63. The van der Waals surface area contributed by atoms with Gasteiger partial charge in [-0.3, -0.25) is 0 Å². The molecule has 0 saturated carbocycles. The SMILES string of the molecule is COc1ccc(CCNC2CCNC2)cc1Cl. The summed E-state index contributed by atoms with van der Waals surface area (Å²) in [4.78, 5) is 0. The average Bonchev–Trinajstić information content (AvgIpc) is 2.82. The van der Waals surface area contributed by atoms with Crippen LogP contribution in [0.3, 0.4) is 0 Å². The summed E-state index contributed by atoms with van der Waals surface area (Å²) >= 11 is 6.08. The highest BCUT2D eigenvalue weighted by atomic mass is 35.5. The standard InChI is InChI=1S/C13H19ClN2O/c1-17-13-3-2-10(8-12(13)14)4-7-16-11-5-6-15-9-11/h2-3,8,11,15-16H,4-7,9H2,1H3. The van der Waals surface area contributed by atoms with Gasteiger partial charge in [-0.25, -0.2) is 0 Å². The van der Waals surface area contributed by atoms with Gasteiger partial charge in [0.25, 0.3) is 0 Å². The van der Waals surface area contributed by atoms with Gasteiger partial charge in [0.1, 0.15) is 5.75 Å². The largest absolute Gasteiger partial charge is 0.495 e. The number of benzene rings is 1. The first-order chi connectivity index (χ1) is 8.29. The molecule has 0 bridgehead atoms. The van der Waals surface area contributed by atoms with Gasteiger partial charge in [-0.2, -0.15) is 0 Å². The molecule has 17 heavy (non-hydrogen) atoms. The lowest BCUT2D eigenvalue weighted by Gasteiger charge is -2.11. The maximum absolute atomic E-state index is 6.08. The Bertz CT molecular complexity index is 364. The summed E-state index contributed by atoms with van der Waals surface area (Å²) in [5.74, 6) is 0.739. The lowest BCUT2D eigenvalue weighted by molar-refractivity contribution is 0.415. The zero-order valence-electron chi connectivity index (χ0n) is 10.1. The lowest BCUT2D eigenvalue weighted by Crippen LogP contribution is -2.32. The molecule has 2 N–H and O–H groups in total. The van der Waals surface area contributed by atoms with Crippen LogP contribution in [0.15, 0.2) is 18.2 Å². The average molecular weight is 255 g/mol. The van der Waals surface area contributed by atoms with Crippen LogP contribution < -0.4 is 15.4 Å². The first kappa shape index (κ1) is 12.7. The number of hydrogen-bond donors (Lipinski definition) is 2. The molecule has 1 fully saturated rings. The molecule has 94 valence electrons. The molecule has 0 amide bonds. The minimum absolute atomic E-state index is 0.628. The number of halogens is 1. The lowest BCUT2D eigenvalue weighted by atomic mass is 10.1. The van der Waals surface area contributed by atoms with Crippen molar-refractivity contribution >= 4 is 11.6 Å². The Kier molecular flexibility index (Phi) is 4.66. The van der Waals surface area contributed by atoms with Gasteiger partial charge in [-0.05, 0) is 43.6 Å². The van der Waals surface area contributed by atoms with Crippen LogP contribution in [0.25, 0.3) is 0 Å². The van der Waals surface area contributed by atoms with Crippen LogP contribution in [0, 0.1) is 0 Å². The van der Waals surface area contributed by atoms with E-state index in [2.05, 4.69) is 16.7 Å². The fourth-order valence-corrected chi connectivity index (χ4v) is 2.40. The highest BCUT2D eigenvalue weighted by Gasteiger charge is 2.12. The molecule has 0 aliphatic carbocycles. The van der Waals surface area contributed by atoms with Gasteiger partial charge in [-0.1, -0.05) is 17.7 Å². The third kappa shape index (κ3) is 3.60. The third-order valence-corrected chi connectivity index (χ3v) is 3.42. The Labute approximate surface area is 107 Å². The van der Waals surface area contributed by atoms with E-state index in [1.54, 1.807) is 7.11 Å². The van der Waals surface area contributed by atoms with Crippen molar-refractivity contribution in [2.75, 3.05) is 26.7 Å². The quantitative estimate of drug-likeness (QED) is 0.841. The number of methoxy groups -OCH3 is 1. The van der Waals surface area contributed by atoms with E-state index in [1.165, 1.54) is 12.0 Å². The van der Waals surface area contributed by atoms with Crippen molar-refractivity contribution in [3.8, 4) is 5.75 Å². The number of hydrogen-bond acceptors (Lipinski definition) is 3. The van der Waals surface area contributed by atoms with Gasteiger partial charge in [0.2, 0.25) is 0 Å². The minimum Gasteiger partial charge on any atom is -0.495 e. The number of rotatable bonds is 5. The monoisotopic (exact) mass is 254 g/mol. The zero-order valence-corrected chi connectivity index (χ0v) is 10.9. The molecule has 1 aromatic carbocycles. The molecule has 1 aliphatic heterocycles. The fourth-order valence-electron chi connectivity index (χ4n) is 2.11. The van der Waals surface area contributed by atoms with Crippen molar-refractivity contribution in [2.24, 2.45) is 0 Å². The Balaban J connectivity index is 1.80. The van der Waals surface area contributed by atoms with Crippen molar-refractivity contribution < 1.29 is 4.74 Å². The number of nitrogens with one attached hydrogen (secondary N) is 2.